The first-order valence-corrected chi connectivity index (χ1v) is 9.41. The molecule has 0 heterocycles. The molecule has 2 aliphatic rings. The molecular formula is C20H29N3O3. The zero-order chi connectivity index (χ0) is 18.7. The highest BCUT2D eigenvalue weighted by Gasteiger charge is 2.38. The summed E-state index contributed by atoms with van der Waals surface area (Å²) in [6.45, 7) is 0.980. The molecule has 6 nitrogen and oxygen atoms in total. The molecule has 0 aromatic heterocycles. The van der Waals surface area contributed by atoms with E-state index in [1.807, 2.05) is 49.3 Å². The Balaban J connectivity index is 1.53. The summed E-state index contributed by atoms with van der Waals surface area (Å²) in [6, 6.07) is 9.87. The van der Waals surface area contributed by atoms with E-state index in [4.69, 9.17) is 5.11 Å². The topological polar surface area (TPSA) is 72.9 Å². The molecule has 2 aliphatic carbocycles. The number of aliphatic carboxylic acids is 1. The monoisotopic (exact) mass is 359 g/mol. The van der Waals surface area contributed by atoms with E-state index in [0.29, 0.717) is 5.92 Å². The molecule has 1 atom stereocenters. The molecule has 1 aromatic carbocycles. The third-order valence-electron chi connectivity index (χ3n) is 5.38. The molecule has 142 valence electrons. The van der Waals surface area contributed by atoms with Crippen LogP contribution in [0.4, 0.5) is 0 Å². The molecule has 1 unspecified atom stereocenters. The van der Waals surface area contributed by atoms with Gasteiger partial charge in [0.05, 0.1) is 6.54 Å². The summed E-state index contributed by atoms with van der Waals surface area (Å²) in [5.41, 5.74) is 0.979. The Morgan fingerprint density at radius 3 is 2.38 bits per heavy atom. The predicted molar refractivity (Wildman–Crippen MR) is 99.8 cm³/mol. The van der Waals surface area contributed by atoms with Crippen LogP contribution in [0.2, 0.25) is 0 Å². The minimum Gasteiger partial charge on any atom is -0.480 e. The lowest BCUT2D eigenvalue weighted by Crippen LogP contribution is -2.56. The van der Waals surface area contributed by atoms with Crippen molar-refractivity contribution in [3.8, 4) is 0 Å². The first-order valence-electron chi connectivity index (χ1n) is 9.41. The van der Waals surface area contributed by atoms with Gasteiger partial charge in [-0.15, -0.1) is 0 Å². The molecule has 3 rings (SSSR count). The molecule has 1 aromatic rings. The number of benzene rings is 1. The second-order valence-electron chi connectivity index (χ2n) is 7.87. The molecule has 2 N–H and O–H groups in total. The summed E-state index contributed by atoms with van der Waals surface area (Å²) in [4.78, 5) is 27.9. The maximum atomic E-state index is 12.8. The van der Waals surface area contributed by atoms with E-state index in [1.165, 1.54) is 12.8 Å². The summed E-state index contributed by atoms with van der Waals surface area (Å²) in [6.07, 6.45) is 4.09. The van der Waals surface area contributed by atoms with Crippen molar-refractivity contribution < 1.29 is 14.7 Å². The Morgan fingerprint density at radius 2 is 1.85 bits per heavy atom. The van der Waals surface area contributed by atoms with Crippen LogP contribution in [0.3, 0.4) is 0 Å². The van der Waals surface area contributed by atoms with Crippen LogP contribution < -0.4 is 5.32 Å². The van der Waals surface area contributed by atoms with E-state index < -0.39 is 5.97 Å². The van der Waals surface area contributed by atoms with Gasteiger partial charge in [-0.2, -0.15) is 0 Å². The van der Waals surface area contributed by atoms with Gasteiger partial charge in [0.2, 0.25) is 5.91 Å². The van der Waals surface area contributed by atoms with E-state index in [1.54, 1.807) is 0 Å². The van der Waals surface area contributed by atoms with E-state index >= 15 is 0 Å². The van der Waals surface area contributed by atoms with Gasteiger partial charge in [0.15, 0.2) is 0 Å². The van der Waals surface area contributed by atoms with Gasteiger partial charge in [-0.3, -0.25) is 19.4 Å². The summed E-state index contributed by atoms with van der Waals surface area (Å²) >= 11 is 0. The van der Waals surface area contributed by atoms with Crippen molar-refractivity contribution in [1.29, 1.82) is 0 Å². The average molecular weight is 359 g/mol. The first-order chi connectivity index (χ1) is 12.4. The minimum atomic E-state index is -0.769. The lowest BCUT2D eigenvalue weighted by atomic mass is 9.84. The molecule has 2 saturated carbocycles. The molecule has 26 heavy (non-hydrogen) atoms. The van der Waals surface area contributed by atoms with Gasteiger partial charge in [0.1, 0.15) is 6.04 Å². The number of nitrogens with one attached hydrogen (secondary N) is 1. The number of hydrogen-bond acceptors (Lipinski definition) is 4. The molecule has 0 aliphatic heterocycles. The Hall–Kier alpha value is -1.92. The third kappa shape index (κ3) is 4.83. The quantitative estimate of drug-likeness (QED) is 0.703. The van der Waals surface area contributed by atoms with E-state index in [2.05, 4.69) is 10.2 Å². The highest BCUT2D eigenvalue weighted by atomic mass is 16.4. The smallest absolute Gasteiger partial charge is 0.317 e. The van der Waals surface area contributed by atoms with Gasteiger partial charge in [0.25, 0.3) is 0 Å². The van der Waals surface area contributed by atoms with Crippen LogP contribution in [0.15, 0.2) is 30.3 Å². The number of amides is 1. The number of hydrogen-bond donors (Lipinski definition) is 2. The number of carboxylic acids is 1. The van der Waals surface area contributed by atoms with Crippen molar-refractivity contribution in [3.05, 3.63) is 35.9 Å². The molecular weight excluding hydrogens is 330 g/mol. The summed E-state index contributed by atoms with van der Waals surface area (Å²) in [5.74, 6) is -0.0919. The molecule has 1 amide bonds. The molecule has 6 heteroatoms. The Labute approximate surface area is 155 Å². The Morgan fingerprint density at radius 1 is 1.19 bits per heavy atom. The van der Waals surface area contributed by atoms with Gasteiger partial charge in [-0.25, -0.2) is 0 Å². The fourth-order valence-corrected chi connectivity index (χ4v) is 3.75. The normalized spacial score (nSPS) is 23.5. The van der Waals surface area contributed by atoms with Crippen molar-refractivity contribution in [3.63, 3.8) is 0 Å². The molecule has 2 fully saturated rings. The van der Waals surface area contributed by atoms with Gasteiger partial charge in [-0.05, 0) is 51.3 Å². The van der Waals surface area contributed by atoms with Crippen molar-refractivity contribution in [2.24, 2.45) is 5.92 Å². The van der Waals surface area contributed by atoms with E-state index in [-0.39, 0.29) is 30.6 Å². The molecule has 0 spiro atoms. The highest BCUT2D eigenvalue weighted by Crippen LogP contribution is 2.34. The van der Waals surface area contributed by atoms with E-state index in [0.717, 1.165) is 24.9 Å². The second kappa shape index (κ2) is 8.18. The number of carbonyl (C=O) groups is 2. The number of carbonyl (C=O) groups excluding carboxylic acids is 1. The van der Waals surface area contributed by atoms with Crippen molar-refractivity contribution in [2.45, 2.75) is 43.8 Å². The predicted octanol–water partition coefficient (Wildman–Crippen LogP) is 1.73. The Kier molecular flexibility index (Phi) is 5.94. The van der Waals surface area contributed by atoms with Crippen LogP contribution in [0, 0.1) is 5.92 Å². The number of nitrogens with zero attached hydrogens (tertiary/aromatic N) is 2. The second-order valence-corrected chi connectivity index (χ2v) is 7.87. The molecule has 0 bridgehead atoms. The lowest BCUT2D eigenvalue weighted by molar-refractivity contribution is -0.140. The van der Waals surface area contributed by atoms with E-state index in [9.17, 15) is 9.59 Å². The SMILES string of the molecule is CN(C)C(C(=O)NC1CC(N(CC(=O)O)CC2CC2)C1)c1ccccc1. The van der Waals surface area contributed by atoms with Crippen LogP contribution in [-0.2, 0) is 9.59 Å². The first kappa shape index (κ1) is 18.9. The zero-order valence-corrected chi connectivity index (χ0v) is 15.6. The highest BCUT2D eigenvalue weighted by molar-refractivity contribution is 5.83. The maximum absolute atomic E-state index is 12.8. The van der Waals surface area contributed by atoms with Crippen molar-refractivity contribution >= 4 is 11.9 Å². The third-order valence-corrected chi connectivity index (χ3v) is 5.38. The van der Waals surface area contributed by atoms with Crippen LogP contribution in [0.1, 0.15) is 37.3 Å². The fourth-order valence-electron chi connectivity index (χ4n) is 3.75. The minimum absolute atomic E-state index is 0.0108. The summed E-state index contributed by atoms with van der Waals surface area (Å²) in [5, 5.41) is 12.3. The zero-order valence-electron chi connectivity index (χ0n) is 15.6. The van der Waals surface area contributed by atoms with Gasteiger partial charge in [0, 0.05) is 18.6 Å². The summed E-state index contributed by atoms with van der Waals surface area (Å²) < 4.78 is 0. The Bertz CT molecular complexity index is 624. The molecule has 0 saturated heterocycles. The van der Waals surface area contributed by atoms with Crippen LogP contribution in [0.5, 0.6) is 0 Å². The van der Waals surface area contributed by atoms with Crippen molar-refractivity contribution in [2.75, 3.05) is 27.2 Å². The van der Waals surface area contributed by atoms with Crippen molar-refractivity contribution in [1.82, 2.24) is 15.1 Å². The van der Waals surface area contributed by atoms with Crippen LogP contribution in [0.25, 0.3) is 0 Å². The number of rotatable bonds is 9. The molecule has 0 radical (unpaired) electrons. The van der Waals surface area contributed by atoms with Crippen LogP contribution in [-0.4, -0.2) is 66.1 Å². The number of carboxylic acid groups (broad SMARTS) is 1. The fraction of sp³-hybridized carbons (Fsp3) is 0.600. The van der Waals surface area contributed by atoms with Crippen LogP contribution >= 0.6 is 0 Å². The maximum Gasteiger partial charge on any atom is 0.317 e. The average Bonchev–Trinajstić information content (AvgIpc) is 3.34. The lowest BCUT2D eigenvalue weighted by Gasteiger charge is -2.43. The van der Waals surface area contributed by atoms with Gasteiger partial charge >= 0.3 is 5.97 Å². The number of likely N-dealkylation sites (N-methyl/N-ethyl adjacent to an activating group) is 1. The largest absolute Gasteiger partial charge is 0.480 e. The standard InChI is InChI=1S/C20H29N3O3/c1-22(2)19(15-6-4-3-5-7-15)20(26)21-16-10-17(11-16)23(13-18(24)25)12-14-8-9-14/h3-7,14,16-17,19H,8-13H2,1-2H3,(H,21,26)(H,24,25). The van der Waals surface area contributed by atoms with Gasteiger partial charge < -0.3 is 10.4 Å². The van der Waals surface area contributed by atoms with Gasteiger partial charge in [-0.1, -0.05) is 30.3 Å². The summed E-state index contributed by atoms with van der Waals surface area (Å²) in [7, 11) is 3.82.